The van der Waals surface area contributed by atoms with Crippen molar-refractivity contribution in [1.82, 2.24) is 19.7 Å². The first kappa shape index (κ1) is 19.9. The summed E-state index contributed by atoms with van der Waals surface area (Å²) in [5, 5.41) is 8.08. The monoisotopic (exact) mass is 358 g/mol. The third-order valence-corrected chi connectivity index (χ3v) is 4.40. The van der Waals surface area contributed by atoms with E-state index < -0.39 is 0 Å². The van der Waals surface area contributed by atoms with Gasteiger partial charge in [0.25, 0.3) is 0 Å². The standard InChI is InChI=1S/C20H30N4O2/c1-6-26-18-11-10-17(12-16(18)4)8-7-9-20(25)23(5)13-19-22-21-14-24(19)15(2)3/h10-12,14-15H,6-9,13H2,1-5H3. The van der Waals surface area contributed by atoms with Crippen molar-refractivity contribution in [3.05, 3.63) is 41.5 Å². The summed E-state index contributed by atoms with van der Waals surface area (Å²) < 4.78 is 7.56. The smallest absolute Gasteiger partial charge is 0.222 e. The van der Waals surface area contributed by atoms with Crippen LogP contribution in [0.15, 0.2) is 24.5 Å². The van der Waals surface area contributed by atoms with Crippen LogP contribution >= 0.6 is 0 Å². The molecule has 0 aliphatic rings. The Morgan fingerprint density at radius 2 is 2.12 bits per heavy atom. The molecule has 0 N–H and O–H groups in total. The predicted octanol–water partition coefficient (Wildman–Crippen LogP) is 3.55. The maximum absolute atomic E-state index is 12.4. The molecular weight excluding hydrogens is 328 g/mol. The molecule has 1 amide bonds. The van der Waals surface area contributed by atoms with Crippen molar-refractivity contribution >= 4 is 5.91 Å². The van der Waals surface area contributed by atoms with E-state index in [2.05, 4.69) is 43.1 Å². The van der Waals surface area contributed by atoms with Crippen molar-refractivity contribution in [2.45, 2.75) is 59.5 Å². The molecule has 1 heterocycles. The summed E-state index contributed by atoms with van der Waals surface area (Å²) in [6.45, 7) is 9.35. The number of aromatic nitrogens is 3. The number of hydrogen-bond donors (Lipinski definition) is 0. The van der Waals surface area contributed by atoms with Gasteiger partial charge in [-0.25, -0.2) is 0 Å². The fraction of sp³-hybridized carbons (Fsp3) is 0.550. The summed E-state index contributed by atoms with van der Waals surface area (Å²) in [5.74, 6) is 1.88. The van der Waals surface area contributed by atoms with Gasteiger partial charge in [-0.2, -0.15) is 0 Å². The quantitative estimate of drug-likeness (QED) is 0.688. The van der Waals surface area contributed by atoms with Gasteiger partial charge in [-0.3, -0.25) is 4.79 Å². The average Bonchev–Trinajstić information content (AvgIpc) is 3.05. The third-order valence-electron chi connectivity index (χ3n) is 4.40. The van der Waals surface area contributed by atoms with Gasteiger partial charge in [0.1, 0.15) is 12.1 Å². The molecule has 6 nitrogen and oxygen atoms in total. The van der Waals surface area contributed by atoms with Crippen LogP contribution in [0.3, 0.4) is 0 Å². The van der Waals surface area contributed by atoms with Gasteiger partial charge in [0.05, 0.1) is 13.2 Å². The molecule has 1 aromatic heterocycles. The average molecular weight is 358 g/mol. The fourth-order valence-corrected chi connectivity index (χ4v) is 2.93. The molecule has 6 heteroatoms. The summed E-state index contributed by atoms with van der Waals surface area (Å²) in [7, 11) is 1.82. The molecule has 0 bridgehead atoms. The number of benzene rings is 1. The van der Waals surface area contributed by atoms with E-state index >= 15 is 0 Å². The highest BCUT2D eigenvalue weighted by atomic mass is 16.5. The molecular formula is C20H30N4O2. The van der Waals surface area contributed by atoms with Crippen LogP contribution in [0, 0.1) is 6.92 Å². The van der Waals surface area contributed by atoms with E-state index in [0.29, 0.717) is 19.6 Å². The Labute approximate surface area is 156 Å². The van der Waals surface area contributed by atoms with Gasteiger partial charge in [0.15, 0.2) is 5.82 Å². The molecule has 142 valence electrons. The zero-order valence-electron chi connectivity index (χ0n) is 16.5. The maximum atomic E-state index is 12.4. The largest absolute Gasteiger partial charge is 0.494 e. The van der Waals surface area contributed by atoms with Gasteiger partial charge < -0.3 is 14.2 Å². The second-order valence-corrected chi connectivity index (χ2v) is 6.88. The SMILES string of the molecule is CCOc1ccc(CCCC(=O)N(C)Cc2nncn2C(C)C)cc1C. The minimum absolute atomic E-state index is 0.131. The van der Waals surface area contributed by atoms with Crippen molar-refractivity contribution in [1.29, 1.82) is 0 Å². The molecule has 0 saturated heterocycles. The Morgan fingerprint density at radius 3 is 2.77 bits per heavy atom. The molecule has 0 radical (unpaired) electrons. The second-order valence-electron chi connectivity index (χ2n) is 6.88. The molecule has 2 aromatic rings. The Morgan fingerprint density at radius 1 is 1.35 bits per heavy atom. The molecule has 0 fully saturated rings. The number of aryl methyl sites for hydroxylation is 2. The van der Waals surface area contributed by atoms with Crippen LogP contribution in [-0.2, 0) is 17.8 Å². The zero-order chi connectivity index (χ0) is 19.1. The first-order valence-electron chi connectivity index (χ1n) is 9.27. The van der Waals surface area contributed by atoms with Crippen molar-refractivity contribution < 1.29 is 9.53 Å². The number of carbonyl (C=O) groups excluding carboxylic acids is 1. The Kier molecular flexibility index (Phi) is 7.18. The van der Waals surface area contributed by atoms with Gasteiger partial charge in [-0.1, -0.05) is 12.1 Å². The molecule has 0 aliphatic heterocycles. The highest BCUT2D eigenvalue weighted by molar-refractivity contribution is 5.75. The van der Waals surface area contributed by atoms with Crippen LogP contribution in [0.2, 0.25) is 0 Å². The number of carbonyl (C=O) groups is 1. The van der Waals surface area contributed by atoms with E-state index in [1.807, 2.05) is 24.6 Å². The van der Waals surface area contributed by atoms with Gasteiger partial charge in [-0.15, -0.1) is 10.2 Å². The van der Waals surface area contributed by atoms with E-state index in [0.717, 1.165) is 30.0 Å². The van der Waals surface area contributed by atoms with Gasteiger partial charge in [0, 0.05) is 19.5 Å². The predicted molar refractivity (Wildman–Crippen MR) is 102 cm³/mol. The molecule has 26 heavy (non-hydrogen) atoms. The first-order chi connectivity index (χ1) is 12.4. The van der Waals surface area contributed by atoms with Gasteiger partial charge in [0.2, 0.25) is 5.91 Å². The lowest BCUT2D eigenvalue weighted by molar-refractivity contribution is -0.130. The summed E-state index contributed by atoms with van der Waals surface area (Å²) in [5.41, 5.74) is 2.38. The highest BCUT2D eigenvalue weighted by Gasteiger charge is 2.14. The number of amides is 1. The summed E-state index contributed by atoms with van der Waals surface area (Å²) in [6.07, 6.45) is 3.95. The molecule has 0 spiro atoms. The van der Waals surface area contributed by atoms with Crippen molar-refractivity contribution in [3.63, 3.8) is 0 Å². The normalized spacial score (nSPS) is 11.0. The molecule has 0 atom stereocenters. The van der Waals surface area contributed by atoms with Gasteiger partial charge in [-0.05, 0) is 57.7 Å². The van der Waals surface area contributed by atoms with E-state index in [9.17, 15) is 4.79 Å². The lowest BCUT2D eigenvalue weighted by atomic mass is 10.0. The van der Waals surface area contributed by atoms with Crippen molar-refractivity contribution in [3.8, 4) is 5.75 Å². The van der Waals surface area contributed by atoms with E-state index in [1.54, 1.807) is 11.2 Å². The third kappa shape index (κ3) is 5.31. The van der Waals surface area contributed by atoms with Crippen LogP contribution in [0.5, 0.6) is 5.75 Å². The van der Waals surface area contributed by atoms with Crippen LogP contribution in [0.1, 0.15) is 56.6 Å². The second kappa shape index (κ2) is 9.36. The van der Waals surface area contributed by atoms with Crippen LogP contribution in [-0.4, -0.2) is 39.2 Å². The first-order valence-corrected chi connectivity index (χ1v) is 9.27. The van der Waals surface area contributed by atoms with Crippen molar-refractivity contribution in [2.75, 3.05) is 13.7 Å². The topological polar surface area (TPSA) is 60.2 Å². The molecule has 0 unspecified atom stereocenters. The van der Waals surface area contributed by atoms with Crippen molar-refractivity contribution in [2.24, 2.45) is 0 Å². The van der Waals surface area contributed by atoms with Crippen LogP contribution in [0.25, 0.3) is 0 Å². The Hall–Kier alpha value is -2.37. The number of nitrogens with zero attached hydrogens (tertiary/aromatic N) is 4. The lowest BCUT2D eigenvalue weighted by Gasteiger charge is -2.18. The van der Waals surface area contributed by atoms with Gasteiger partial charge >= 0.3 is 0 Å². The summed E-state index contributed by atoms with van der Waals surface area (Å²) in [6, 6.07) is 6.52. The Balaban J connectivity index is 1.82. The molecule has 0 saturated carbocycles. The maximum Gasteiger partial charge on any atom is 0.222 e. The van der Waals surface area contributed by atoms with Crippen LogP contribution in [0.4, 0.5) is 0 Å². The number of rotatable bonds is 9. The number of ether oxygens (including phenoxy) is 1. The van der Waals surface area contributed by atoms with E-state index in [1.165, 1.54) is 5.56 Å². The summed E-state index contributed by atoms with van der Waals surface area (Å²) >= 11 is 0. The Bertz CT molecular complexity index is 724. The summed E-state index contributed by atoms with van der Waals surface area (Å²) in [4.78, 5) is 14.1. The van der Waals surface area contributed by atoms with E-state index in [4.69, 9.17) is 4.74 Å². The fourth-order valence-electron chi connectivity index (χ4n) is 2.93. The molecule has 1 aromatic carbocycles. The highest BCUT2D eigenvalue weighted by Crippen LogP contribution is 2.20. The zero-order valence-corrected chi connectivity index (χ0v) is 16.5. The van der Waals surface area contributed by atoms with E-state index in [-0.39, 0.29) is 11.9 Å². The minimum Gasteiger partial charge on any atom is -0.494 e. The van der Waals surface area contributed by atoms with Crippen LogP contribution < -0.4 is 4.74 Å². The minimum atomic E-state index is 0.131. The lowest BCUT2D eigenvalue weighted by Crippen LogP contribution is -2.27. The number of hydrogen-bond acceptors (Lipinski definition) is 4. The molecule has 2 rings (SSSR count). The molecule has 0 aliphatic carbocycles.